The molecule has 0 unspecified atom stereocenters. The van der Waals surface area contributed by atoms with Gasteiger partial charge in [-0.05, 0) is 20.8 Å². The van der Waals surface area contributed by atoms with E-state index in [2.05, 4.69) is 33.6 Å². The van der Waals surface area contributed by atoms with Gasteiger partial charge in [-0.15, -0.1) is 0 Å². The molecule has 1 radical (unpaired) electrons. The van der Waals surface area contributed by atoms with E-state index in [0.717, 1.165) is 0 Å². The molecule has 23 heavy (non-hydrogen) atoms. The third-order valence-electron chi connectivity index (χ3n) is 1.60. The number of hydrogen-bond acceptors (Lipinski definition) is 3. The van der Waals surface area contributed by atoms with Crippen molar-refractivity contribution in [1.29, 1.82) is 0 Å². The minimum Gasteiger partial charge on any atom is -0.478 e. The largest absolute Gasteiger partial charge is 0.478 e. The van der Waals surface area contributed by atoms with E-state index in [1.54, 1.807) is 0 Å². The molecule has 0 rings (SSSR count). The zero-order valence-electron chi connectivity index (χ0n) is 15.1. The lowest BCUT2D eigenvalue weighted by atomic mass is 10.4. The van der Waals surface area contributed by atoms with Crippen molar-refractivity contribution in [2.24, 2.45) is 0 Å². The summed E-state index contributed by atoms with van der Waals surface area (Å²) in [6, 6.07) is 0. The van der Waals surface area contributed by atoms with Crippen LogP contribution in [-0.2, 0) is 14.4 Å². The topological polar surface area (TPSA) is 112 Å². The Bertz CT molecular complexity index is 299. The molecule has 0 aliphatic carbocycles. The lowest BCUT2D eigenvalue weighted by Crippen LogP contribution is -1.92. The van der Waals surface area contributed by atoms with E-state index in [4.69, 9.17) is 15.3 Å². The first-order chi connectivity index (χ1) is 9.84. The van der Waals surface area contributed by atoms with Gasteiger partial charge in [0.15, 0.2) is 0 Å². The minimum atomic E-state index is -0.935. The van der Waals surface area contributed by atoms with Gasteiger partial charge >= 0.3 is 17.9 Å². The van der Waals surface area contributed by atoms with E-state index in [0.29, 0.717) is 0 Å². The highest BCUT2D eigenvalue weighted by Crippen LogP contribution is 1.82. The van der Waals surface area contributed by atoms with Gasteiger partial charge in [0.25, 0.3) is 0 Å². The van der Waals surface area contributed by atoms with Crippen LogP contribution in [-0.4, -0.2) is 33.2 Å². The Labute approximate surface area is 139 Å². The van der Waals surface area contributed by atoms with Crippen LogP contribution < -0.4 is 0 Å². The number of carboxylic acids is 3. The smallest absolute Gasteiger partial charge is 0.330 e. The highest BCUT2D eigenvalue weighted by molar-refractivity contribution is 5.85. The van der Waals surface area contributed by atoms with Crippen LogP contribution in [0.5, 0.6) is 0 Å². The number of carboxylic acid groups (broad SMARTS) is 3. The summed E-state index contributed by atoms with van der Waals surface area (Å²) in [6.07, 6.45) is 2.64. The molecule has 0 aromatic carbocycles. The van der Waals surface area contributed by atoms with Crippen LogP contribution in [0.3, 0.4) is 0 Å². The first kappa shape index (κ1) is 32.5. The van der Waals surface area contributed by atoms with Crippen LogP contribution in [0.25, 0.3) is 0 Å². The second-order valence-electron chi connectivity index (χ2n) is 4.26. The van der Waals surface area contributed by atoms with Gasteiger partial charge in [0.1, 0.15) is 0 Å². The summed E-state index contributed by atoms with van der Waals surface area (Å²) in [5.74, 6) is -2.81. The molecule has 0 heterocycles. The molecule has 0 saturated carbocycles. The Hall–Kier alpha value is -2.37. The Morgan fingerprint density at radius 3 is 0.739 bits per heavy atom. The Morgan fingerprint density at radius 2 is 0.739 bits per heavy atom. The van der Waals surface area contributed by atoms with Crippen LogP contribution in [0.4, 0.5) is 0 Å². The zero-order chi connectivity index (χ0) is 18.9. The molecule has 0 aliphatic heterocycles. The van der Waals surface area contributed by atoms with E-state index in [9.17, 15) is 14.4 Å². The number of unbranched alkanes of at least 4 members (excludes halogenated alkanes) is 1. The molecular formula is C17H31O6. The highest BCUT2D eigenvalue weighted by Gasteiger charge is 1.91. The van der Waals surface area contributed by atoms with Crippen molar-refractivity contribution in [2.45, 2.75) is 47.5 Å². The van der Waals surface area contributed by atoms with Crippen LogP contribution in [0.2, 0.25) is 0 Å². The van der Waals surface area contributed by atoms with Crippen molar-refractivity contribution in [1.82, 2.24) is 0 Å². The number of aliphatic carboxylic acids is 3. The molecular weight excluding hydrogens is 300 g/mol. The SMILES string of the molecule is C=C(C)C(=O)O.C=C(C)C(=O)O.C=C(C)C(=O)O.CCCC.[CH3]. The Balaban J connectivity index is -0.0000000624. The molecule has 6 nitrogen and oxygen atoms in total. The van der Waals surface area contributed by atoms with Crippen molar-refractivity contribution in [3.05, 3.63) is 43.9 Å². The van der Waals surface area contributed by atoms with Crippen LogP contribution in [0.1, 0.15) is 47.5 Å². The number of carbonyl (C=O) groups is 3. The zero-order valence-corrected chi connectivity index (χ0v) is 15.1. The van der Waals surface area contributed by atoms with E-state index in [1.165, 1.54) is 33.6 Å². The summed E-state index contributed by atoms with van der Waals surface area (Å²) >= 11 is 0. The molecule has 0 spiro atoms. The van der Waals surface area contributed by atoms with Gasteiger partial charge in [0.2, 0.25) is 0 Å². The predicted octanol–water partition coefficient (Wildman–Crippen LogP) is 4.20. The van der Waals surface area contributed by atoms with Crippen molar-refractivity contribution in [2.75, 3.05) is 0 Å². The standard InChI is InChI=1S/3C4H6O2.C4H10.CH3/c3*1-3(2)4(5)6;1-3-4-2;/h3*1H2,2H3,(H,5,6);3-4H2,1-2H3;1H3. The lowest BCUT2D eigenvalue weighted by Gasteiger charge is -1.79. The fraction of sp³-hybridized carbons (Fsp3) is 0.412. The third-order valence-corrected chi connectivity index (χ3v) is 1.60. The fourth-order valence-corrected chi connectivity index (χ4v) is 0. The molecule has 3 N–H and O–H groups in total. The maximum absolute atomic E-state index is 9.60. The van der Waals surface area contributed by atoms with Crippen LogP contribution in [0, 0.1) is 7.43 Å². The lowest BCUT2D eigenvalue weighted by molar-refractivity contribution is -0.133. The van der Waals surface area contributed by atoms with E-state index < -0.39 is 17.9 Å². The summed E-state index contributed by atoms with van der Waals surface area (Å²) in [5, 5.41) is 23.7. The van der Waals surface area contributed by atoms with Gasteiger partial charge in [-0.3, -0.25) is 0 Å². The summed E-state index contributed by atoms with van der Waals surface area (Å²) in [5.41, 5.74) is 0.528. The summed E-state index contributed by atoms with van der Waals surface area (Å²) in [6.45, 7) is 18.2. The van der Waals surface area contributed by atoms with E-state index in [1.807, 2.05) is 0 Å². The molecule has 135 valence electrons. The van der Waals surface area contributed by atoms with Crippen molar-refractivity contribution >= 4 is 17.9 Å². The van der Waals surface area contributed by atoms with Crippen molar-refractivity contribution < 1.29 is 29.7 Å². The molecule has 0 aliphatic rings. The average molecular weight is 331 g/mol. The van der Waals surface area contributed by atoms with E-state index in [-0.39, 0.29) is 24.1 Å². The molecule has 6 heteroatoms. The van der Waals surface area contributed by atoms with Crippen LogP contribution >= 0.6 is 0 Å². The third kappa shape index (κ3) is 54.0. The molecule has 0 aromatic rings. The maximum Gasteiger partial charge on any atom is 0.330 e. The molecule has 0 fully saturated rings. The maximum atomic E-state index is 9.60. The first-order valence-corrected chi connectivity index (χ1v) is 6.51. The molecule has 0 saturated heterocycles. The Morgan fingerprint density at radius 1 is 0.652 bits per heavy atom. The van der Waals surface area contributed by atoms with Gasteiger partial charge in [-0.25, -0.2) is 14.4 Å². The Kier molecular flexibility index (Phi) is 31.0. The van der Waals surface area contributed by atoms with Crippen molar-refractivity contribution in [3.63, 3.8) is 0 Å². The summed E-state index contributed by atoms with van der Waals surface area (Å²) in [7, 11) is 0. The van der Waals surface area contributed by atoms with Crippen molar-refractivity contribution in [3.8, 4) is 0 Å². The van der Waals surface area contributed by atoms with Gasteiger partial charge in [-0.1, -0.05) is 53.9 Å². The van der Waals surface area contributed by atoms with Gasteiger partial charge in [0.05, 0.1) is 0 Å². The van der Waals surface area contributed by atoms with E-state index >= 15 is 0 Å². The minimum absolute atomic E-state index is 0. The second kappa shape index (κ2) is 21.9. The molecule has 0 atom stereocenters. The quantitative estimate of drug-likeness (QED) is 0.666. The second-order valence-corrected chi connectivity index (χ2v) is 4.26. The summed E-state index contributed by atoms with van der Waals surface area (Å²) in [4.78, 5) is 28.8. The fourth-order valence-electron chi connectivity index (χ4n) is 0. The first-order valence-electron chi connectivity index (χ1n) is 6.51. The molecule has 0 bridgehead atoms. The van der Waals surface area contributed by atoms with Gasteiger partial charge < -0.3 is 15.3 Å². The molecule has 0 aromatic heterocycles. The molecule has 0 amide bonds. The van der Waals surface area contributed by atoms with Gasteiger partial charge in [0, 0.05) is 16.7 Å². The normalized spacial score (nSPS) is 7.17. The predicted molar refractivity (Wildman–Crippen MR) is 94.3 cm³/mol. The summed E-state index contributed by atoms with van der Waals surface area (Å²) < 4.78 is 0. The average Bonchev–Trinajstić information content (AvgIpc) is 2.39. The highest BCUT2D eigenvalue weighted by atomic mass is 16.4. The van der Waals surface area contributed by atoms with Crippen LogP contribution in [0.15, 0.2) is 36.5 Å². The monoisotopic (exact) mass is 331 g/mol. The number of rotatable bonds is 4. The number of hydrogen-bond donors (Lipinski definition) is 3. The van der Waals surface area contributed by atoms with Gasteiger partial charge in [-0.2, -0.15) is 0 Å².